The summed E-state index contributed by atoms with van der Waals surface area (Å²) in [5.41, 5.74) is 2.15. The predicted molar refractivity (Wildman–Crippen MR) is 62.0 cm³/mol. The van der Waals surface area contributed by atoms with Crippen molar-refractivity contribution in [3.05, 3.63) is 45.4 Å². The highest BCUT2D eigenvalue weighted by Gasteiger charge is 2.03. The molecule has 0 N–H and O–H groups in total. The van der Waals surface area contributed by atoms with Crippen molar-refractivity contribution in [2.45, 2.75) is 0 Å². The molecule has 0 unspecified atom stereocenters. The third-order valence-corrected chi connectivity index (χ3v) is 3.64. The summed E-state index contributed by atoms with van der Waals surface area (Å²) in [6.07, 6.45) is 3.63. The van der Waals surface area contributed by atoms with Crippen molar-refractivity contribution in [3.63, 3.8) is 0 Å². The Bertz CT molecular complexity index is 327. The monoisotopic (exact) mass is 286 g/mol. The third kappa shape index (κ3) is 1.70. The van der Waals surface area contributed by atoms with Gasteiger partial charge in [-0.25, -0.2) is 0 Å². The Labute approximate surface area is 89.2 Å². The predicted octanol–water partition coefficient (Wildman–Crippen LogP) is 4.50. The minimum absolute atomic E-state index is 1.02. The zero-order valence-electron chi connectivity index (χ0n) is 6.48. The van der Waals surface area contributed by atoms with Gasteiger partial charge in [-0.3, -0.25) is 0 Å². The fourth-order valence-corrected chi connectivity index (χ4v) is 1.84. The molecule has 0 nitrogen and oxygen atoms in total. The molecule has 0 radical (unpaired) electrons. The lowest BCUT2D eigenvalue weighted by Crippen LogP contribution is -1.82. The fourth-order valence-electron chi connectivity index (χ4n) is 0.967. The number of benzene rings is 1. The van der Waals surface area contributed by atoms with E-state index in [1.165, 1.54) is 0 Å². The van der Waals surface area contributed by atoms with E-state index >= 15 is 0 Å². The minimum atomic E-state index is 1.02. The molecule has 62 valence electrons. The smallest absolute Gasteiger partial charge is 0.0395 e. The molecule has 2 heteroatoms. The zero-order valence-corrected chi connectivity index (χ0v) is 9.65. The molecule has 12 heavy (non-hydrogen) atoms. The maximum Gasteiger partial charge on any atom is 0.0395 e. The van der Waals surface area contributed by atoms with Gasteiger partial charge in [0.2, 0.25) is 0 Å². The van der Waals surface area contributed by atoms with E-state index in [0.29, 0.717) is 0 Å². The van der Waals surface area contributed by atoms with Crippen LogP contribution in [-0.4, -0.2) is 0 Å². The summed E-state index contributed by atoms with van der Waals surface area (Å²) in [5, 5.41) is 0. The summed E-state index contributed by atoms with van der Waals surface area (Å²) in [4.78, 5) is 0. The Morgan fingerprint density at radius 3 is 2.25 bits per heavy atom. The molecule has 1 aromatic rings. The lowest BCUT2D eigenvalue weighted by atomic mass is 10.1. The second-order valence-corrected chi connectivity index (χ2v) is 3.92. The molecule has 0 bridgehead atoms. The Hall–Kier alpha value is -0.340. The lowest BCUT2D eigenvalue weighted by molar-refractivity contribution is 1.52. The first-order chi connectivity index (χ1) is 5.70. The largest absolute Gasteiger partial charge is 0.0984 e. The Kier molecular flexibility index (Phi) is 3.29. The van der Waals surface area contributed by atoms with E-state index in [2.05, 4.69) is 45.0 Å². The van der Waals surface area contributed by atoms with Crippen molar-refractivity contribution in [2.24, 2.45) is 0 Å². The first-order valence-corrected chi connectivity index (χ1v) is 5.02. The van der Waals surface area contributed by atoms with Crippen molar-refractivity contribution in [2.75, 3.05) is 0 Å². The highest BCUT2D eigenvalue weighted by atomic mass is 79.9. The van der Waals surface area contributed by atoms with Gasteiger partial charge in [-0.1, -0.05) is 31.4 Å². The summed E-state index contributed by atoms with van der Waals surface area (Å²) < 4.78 is 2.05. The zero-order chi connectivity index (χ0) is 9.14. The van der Waals surface area contributed by atoms with E-state index in [1.807, 2.05) is 24.3 Å². The molecule has 1 aromatic carbocycles. The van der Waals surface area contributed by atoms with Crippen LogP contribution >= 0.6 is 31.9 Å². The minimum Gasteiger partial charge on any atom is -0.0984 e. The lowest BCUT2D eigenvalue weighted by Gasteiger charge is -2.05. The molecule has 0 atom stereocenters. The second kappa shape index (κ2) is 4.06. The topological polar surface area (TPSA) is 0 Å². The molecule has 0 amide bonds. The van der Waals surface area contributed by atoms with Crippen LogP contribution in [0.3, 0.4) is 0 Å². The average Bonchev–Trinajstić information content (AvgIpc) is 2.09. The standard InChI is InChI=1S/C10H8Br2/c1-3-7-5-6-9(11)10(12)8(7)4-2/h3-6H,1-2H2. The summed E-state index contributed by atoms with van der Waals surface area (Å²) in [7, 11) is 0. The molecule has 0 aliphatic carbocycles. The molecular formula is C10H8Br2. The SMILES string of the molecule is C=Cc1ccc(Br)c(Br)c1C=C. The average molecular weight is 288 g/mol. The van der Waals surface area contributed by atoms with E-state index in [0.717, 1.165) is 20.1 Å². The van der Waals surface area contributed by atoms with Gasteiger partial charge in [0.25, 0.3) is 0 Å². The number of rotatable bonds is 2. The van der Waals surface area contributed by atoms with E-state index in [4.69, 9.17) is 0 Å². The van der Waals surface area contributed by atoms with Gasteiger partial charge < -0.3 is 0 Å². The van der Waals surface area contributed by atoms with Crippen LogP contribution in [0.25, 0.3) is 12.2 Å². The molecule has 1 rings (SSSR count). The molecule has 0 aromatic heterocycles. The number of halogens is 2. The molecule has 0 aliphatic heterocycles. The first kappa shape index (κ1) is 9.75. The van der Waals surface area contributed by atoms with Gasteiger partial charge in [0.1, 0.15) is 0 Å². The highest BCUT2D eigenvalue weighted by Crippen LogP contribution is 2.30. The Balaban J connectivity index is 3.45. The van der Waals surface area contributed by atoms with Crippen LogP contribution in [0.2, 0.25) is 0 Å². The number of hydrogen-bond donors (Lipinski definition) is 0. The summed E-state index contributed by atoms with van der Waals surface area (Å²) in [6, 6.07) is 3.98. The van der Waals surface area contributed by atoms with Crippen molar-refractivity contribution in [3.8, 4) is 0 Å². The fraction of sp³-hybridized carbons (Fsp3) is 0. The summed E-state index contributed by atoms with van der Waals surface area (Å²) in [6.45, 7) is 7.47. The molecule has 0 saturated carbocycles. The van der Waals surface area contributed by atoms with Crippen LogP contribution in [0.15, 0.2) is 34.2 Å². The normalized spacial score (nSPS) is 9.50. The van der Waals surface area contributed by atoms with Crippen molar-refractivity contribution < 1.29 is 0 Å². The maximum absolute atomic E-state index is 3.74. The Morgan fingerprint density at radius 2 is 1.75 bits per heavy atom. The van der Waals surface area contributed by atoms with Crippen LogP contribution in [0, 0.1) is 0 Å². The molecule has 0 saturated heterocycles. The van der Waals surface area contributed by atoms with Crippen molar-refractivity contribution in [1.29, 1.82) is 0 Å². The molecule has 0 heterocycles. The van der Waals surface area contributed by atoms with Gasteiger partial charge in [0, 0.05) is 8.95 Å². The third-order valence-electron chi connectivity index (χ3n) is 1.59. The highest BCUT2D eigenvalue weighted by molar-refractivity contribution is 9.13. The van der Waals surface area contributed by atoms with Gasteiger partial charge in [-0.15, -0.1) is 0 Å². The van der Waals surface area contributed by atoms with Gasteiger partial charge in [0.15, 0.2) is 0 Å². The van der Waals surface area contributed by atoms with E-state index in [-0.39, 0.29) is 0 Å². The Morgan fingerprint density at radius 1 is 1.08 bits per heavy atom. The molecule has 0 fully saturated rings. The van der Waals surface area contributed by atoms with E-state index in [1.54, 1.807) is 0 Å². The van der Waals surface area contributed by atoms with Gasteiger partial charge >= 0.3 is 0 Å². The first-order valence-electron chi connectivity index (χ1n) is 3.43. The molecular weight excluding hydrogens is 280 g/mol. The van der Waals surface area contributed by atoms with Crippen molar-refractivity contribution >= 4 is 44.0 Å². The van der Waals surface area contributed by atoms with Crippen LogP contribution < -0.4 is 0 Å². The second-order valence-electron chi connectivity index (χ2n) is 2.27. The van der Waals surface area contributed by atoms with Crippen LogP contribution in [-0.2, 0) is 0 Å². The van der Waals surface area contributed by atoms with E-state index < -0.39 is 0 Å². The van der Waals surface area contributed by atoms with Crippen molar-refractivity contribution in [1.82, 2.24) is 0 Å². The summed E-state index contributed by atoms with van der Waals surface area (Å²) in [5.74, 6) is 0. The molecule has 0 aliphatic rings. The van der Waals surface area contributed by atoms with Crippen LogP contribution in [0.4, 0.5) is 0 Å². The maximum atomic E-state index is 3.74. The van der Waals surface area contributed by atoms with Gasteiger partial charge in [-0.05, 0) is 49.1 Å². The number of hydrogen-bond acceptors (Lipinski definition) is 0. The van der Waals surface area contributed by atoms with E-state index in [9.17, 15) is 0 Å². The van der Waals surface area contributed by atoms with Crippen LogP contribution in [0.1, 0.15) is 11.1 Å². The van der Waals surface area contributed by atoms with Crippen LogP contribution in [0.5, 0.6) is 0 Å². The van der Waals surface area contributed by atoms with Gasteiger partial charge in [-0.2, -0.15) is 0 Å². The quantitative estimate of drug-likeness (QED) is 0.751. The van der Waals surface area contributed by atoms with Gasteiger partial charge in [0.05, 0.1) is 0 Å². The summed E-state index contributed by atoms with van der Waals surface area (Å²) >= 11 is 6.89. The molecule has 0 spiro atoms.